The highest BCUT2D eigenvalue weighted by molar-refractivity contribution is 8.15. The summed E-state index contributed by atoms with van der Waals surface area (Å²) in [4.78, 5) is 22.3. The molecular weight excluding hydrogens is 278 g/mol. The fraction of sp³-hybridized carbons (Fsp3) is 0.154. The molecule has 1 aliphatic heterocycles. The smallest absolute Gasteiger partial charge is 0.239 e. The number of carbonyl (C=O) groups is 1. The van der Waals surface area contributed by atoms with E-state index in [1.807, 2.05) is 24.3 Å². The molecule has 1 fully saturated rings. The van der Waals surface area contributed by atoms with Gasteiger partial charge in [0.15, 0.2) is 5.17 Å². The zero-order chi connectivity index (χ0) is 13.2. The second-order valence-electron chi connectivity index (χ2n) is 3.94. The van der Waals surface area contributed by atoms with Crippen molar-refractivity contribution in [3.8, 4) is 0 Å². The molecule has 0 radical (unpaired) electrons. The average Bonchev–Trinajstić information content (AvgIpc) is 2.96. The van der Waals surface area contributed by atoms with Crippen molar-refractivity contribution in [3.63, 3.8) is 0 Å². The summed E-state index contributed by atoms with van der Waals surface area (Å²) >= 11 is 2.98. The fourth-order valence-electron chi connectivity index (χ4n) is 1.78. The largest absolute Gasteiger partial charge is 0.287 e. The van der Waals surface area contributed by atoms with Gasteiger partial charge < -0.3 is 0 Å². The fourth-order valence-corrected chi connectivity index (χ4v) is 3.57. The Labute approximate surface area is 118 Å². The number of benzene rings is 1. The molecule has 1 aliphatic rings. The Morgan fingerprint density at radius 2 is 2.32 bits per heavy atom. The number of amides is 1. The Morgan fingerprint density at radius 1 is 1.47 bits per heavy atom. The standard InChI is InChI=1S/C13H11N3OS2/c1-2-7-16-11(17)8-18-13(16)15-12-14-9-5-3-4-6-10(9)19-12/h2-6H,1,7-8H2/b15-13-. The summed E-state index contributed by atoms with van der Waals surface area (Å²) in [5.74, 6) is 0.516. The quantitative estimate of drug-likeness (QED) is 0.816. The molecule has 0 saturated carbocycles. The molecule has 3 rings (SSSR count). The van der Waals surface area contributed by atoms with Crippen molar-refractivity contribution in [1.82, 2.24) is 9.88 Å². The molecule has 1 aromatic heterocycles. The van der Waals surface area contributed by atoms with Crippen LogP contribution < -0.4 is 0 Å². The van der Waals surface area contributed by atoms with E-state index in [0.29, 0.717) is 22.6 Å². The lowest BCUT2D eigenvalue weighted by Crippen LogP contribution is -2.29. The van der Waals surface area contributed by atoms with Crippen LogP contribution in [0.5, 0.6) is 0 Å². The van der Waals surface area contributed by atoms with Gasteiger partial charge in [-0.3, -0.25) is 9.69 Å². The van der Waals surface area contributed by atoms with E-state index in [1.54, 1.807) is 11.0 Å². The molecular formula is C13H11N3OS2. The number of hydrogen-bond donors (Lipinski definition) is 0. The molecule has 1 saturated heterocycles. The van der Waals surface area contributed by atoms with E-state index in [-0.39, 0.29) is 5.91 Å². The Morgan fingerprint density at radius 3 is 3.11 bits per heavy atom. The molecule has 0 unspecified atom stereocenters. The van der Waals surface area contributed by atoms with Crippen LogP contribution in [0.3, 0.4) is 0 Å². The third-order valence-electron chi connectivity index (χ3n) is 2.64. The molecule has 4 nitrogen and oxygen atoms in total. The van der Waals surface area contributed by atoms with Crippen molar-refractivity contribution < 1.29 is 4.79 Å². The molecule has 96 valence electrons. The summed E-state index contributed by atoms with van der Waals surface area (Å²) in [7, 11) is 0. The number of nitrogens with zero attached hydrogens (tertiary/aromatic N) is 3. The van der Waals surface area contributed by atoms with Crippen LogP contribution in [0.15, 0.2) is 41.9 Å². The molecule has 1 amide bonds. The number of amidine groups is 1. The first-order valence-corrected chi connectivity index (χ1v) is 7.56. The number of thioether (sulfide) groups is 1. The number of aliphatic imine (C=N–C) groups is 1. The maximum absolute atomic E-state index is 11.7. The van der Waals surface area contributed by atoms with Gasteiger partial charge >= 0.3 is 0 Å². The van der Waals surface area contributed by atoms with Crippen molar-refractivity contribution >= 4 is 49.5 Å². The molecule has 0 aliphatic carbocycles. The van der Waals surface area contributed by atoms with Crippen LogP contribution in [0.25, 0.3) is 10.2 Å². The Balaban J connectivity index is 1.95. The van der Waals surface area contributed by atoms with E-state index < -0.39 is 0 Å². The maximum atomic E-state index is 11.7. The van der Waals surface area contributed by atoms with E-state index in [2.05, 4.69) is 16.6 Å². The molecule has 1 aromatic carbocycles. The van der Waals surface area contributed by atoms with Crippen LogP contribution in [-0.4, -0.2) is 33.3 Å². The molecule has 2 aromatic rings. The number of thiazole rings is 1. The molecule has 0 N–H and O–H groups in total. The van der Waals surface area contributed by atoms with Crippen LogP contribution in [0.4, 0.5) is 5.13 Å². The first-order valence-electron chi connectivity index (χ1n) is 5.76. The molecule has 6 heteroatoms. The van der Waals surface area contributed by atoms with Gasteiger partial charge in [-0.1, -0.05) is 41.3 Å². The van der Waals surface area contributed by atoms with Crippen molar-refractivity contribution in [3.05, 3.63) is 36.9 Å². The van der Waals surface area contributed by atoms with Gasteiger partial charge in [-0.25, -0.2) is 4.98 Å². The highest BCUT2D eigenvalue weighted by atomic mass is 32.2. The lowest BCUT2D eigenvalue weighted by Gasteiger charge is -2.12. The molecule has 0 bridgehead atoms. The minimum absolute atomic E-state index is 0.0739. The maximum Gasteiger partial charge on any atom is 0.239 e. The number of carbonyl (C=O) groups excluding carboxylic acids is 1. The molecule has 19 heavy (non-hydrogen) atoms. The van der Waals surface area contributed by atoms with Crippen molar-refractivity contribution in [2.75, 3.05) is 12.3 Å². The summed E-state index contributed by atoms with van der Waals surface area (Å²) in [6.07, 6.45) is 1.71. The second kappa shape index (κ2) is 5.14. The third kappa shape index (κ3) is 2.41. The SMILES string of the molecule is C=CCN1C(=O)CS/C1=N\c1nc2ccccc2s1. The van der Waals surface area contributed by atoms with Crippen LogP contribution in [0.2, 0.25) is 0 Å². The topological polar surface area (TPSA) is 45.6 Å². The van der Waals surface area contributed by atoms with Crippen molar-refractivity contribution in [2.45, 2.75) is 0 Å². The minimum atomic E-state index is 0.0739. The zero-order valence-electron chi connectivity index (χ0n) is 10.1. The third-order valence-corrected chi connectivity index (χ3v) is 4.53. The van der Waals surface area contributed by atoms with E-state index in [0.717, 1.165) is 10.2 Å². The lowest BCUT2D eigenvalue weighted by molar-refractivity contribution is -0.123. The van der Waals surface area contributed by atoms with Gasteiger partial charge in [0.05, 0.1) is 16.0 Å². The van der Waals surface area contributed by atoms with Gasteiger partial charge in [-0.15, -0.1) is 6.58 Å². The van der Waals surface area contributed by atoms with Gasteiger partial charge in [-0.05, 0) is 12.1 Å². The predicted octanol–water partition coefficient (Wildman–Crippen LogP) is 3.05. The van der Waals surface area contributed by atoms with Gasteiger partial charge in [0.1, 0.15) is 0 Å². The molecule has 2 heterocycles. The van der Waals surface area contributed by atoms with Crippen LogP contribution in [-0.2, 0) is 4.79 Å². The molecule has 0 spiro atoms. The predicted molar refractivity (Wildman–Crippen MR) is 81.1 cm³/mol. The second-order valence-corrected chi connectivity index (χ2v) is 5.89. The van der Waals surface area contributed by atoms with Gasteiger partial charge in [0.2, 0.25) is 11.0 Å². The van der Waals surface area contributed by atoms with Crippen LogP contribution in [0, 0.1) is 0 Å². The molecule has 0 atom stereocenters. The normalized spacial score (nSPS) is 17.6. The number of rotatable bonds is 3. The number of para-hydroxylation sites is 1. The van der Waals surface area contributed by atoms with Gasteiger partial charge in [-0.2, -0.15) is 4.99 Å². The Bertz CT molecular complexity index is 644. The Kier molecular flexibility index (Phi) is 3.35. The number of hydrogen-bond acceptors (Lipinski definition) is 5. The Hall–Kier alpha value is -1.66. The van der Waals surface area contributed by atoms with E-state index >= 15 is 0 Å². The first-order chi connectivity index (χ1) is 9.28. The summed E-state index contributed by atoms with van der Waals surface area (Å²) in [5.41, 5.74) is 0.941. The number of fused-ring (bicyclic) bond motifs is 1. The average molecular weight is 289 g/mol. The summed E-state index contributed by atoms with van der Waals surface area (Å²) in [5, 5.41) is 1.40. The monoisotopic (exact) mass is 289 g/mol. The summed E-state index contributed by atoms with van der Waals surface area (Å²) < 4.78 is 1.10. The zero-order valence-corrected chi connectivity index (χ0v) is 11.7. The number of aromatic nitrogens is 1. The first kappa shape index (κ1) is 12.4. The van der Waals surface area contributed by atoms with Crippen molar-refractivity contribution in [1.29, 1.82) is 0 Å². The van der Waals surface area contributed by atoms with Crippen molar-refractivity contribution in [2.24, 2.45) is 4.99 Å². The van der Waals surface area contributed by atoms with Gasteiger partial charge in [0.25, 0.3) is 0 Å². The summed E-state index contributed by atoms with van der Waals surface area (Å²) in [6, 6.07) is 7.92. The summed E-state index contributed by atoms with van der Waals surface area (Å²) in [6.45, 7) is 4.16. The lowest BCUT2D eigenvalue weighted by atomic mass is 10.3. The highest BCUT2D eigenvalue weighted by Crippen LogP contribution is 2.30. The van der Waals surface area contributed by atoms with E-state index in [4.69, 9.17) is 0 Å². The highest BCUT2D eigenvalue weighted by Gasteiger charge is 2.27. The van der Waals surface area contributed by atoms with Gasteiger partial charge in [0, 0.05) is 6.54 Å². The van der Waals surface area contributed by atoms with E-state index in [1.165, 1.54) is 23.1 Å². The minimum Gasteiger partial charge on any atom is -0.287 e. The van der Waals surface area contributed by atoms with E-state index in [9.17, 15) is 4.79 Å². The van der Waals surface area contributed by atoms with Crippen LogP contribution in [0.1, 0.15) is 0 Å². The van der Waals surface area contributed by atoms with Crippen LogP contribution >= 0.6 is 23.1 Å².